The fraction of sp³-hybridized carbons (Fsp3) is 0.538. The highest BCUT2D eigenvalue weighted by molar-refractivity contribution is 5.36. The minimum absolute atomic E-state index is 0.778. The first-order valence-corrected chi connectivity index (χ1v) is 5.66. The number of rotatable bonds is 1. The van der Waals surface area contributed by atoms with Gasteiger partial charge in [0, 0.05) is 6.54 Å². The molecule has 1 atom stereocenters. The largest absolute Gasteiger partial charge is 0.497 e. The van der Waals surface area contributed by atoms with Gasteiger partial charge in [-0.05, 0) is 48.6 Å². The summed E-state index contributed by atoms with van der Waals surface area (Å²) in [5.41, 5.74) is 2.86. The van der Waals surface area contributed by atoms with Gasteiger partial charge in [0.15, 0.2) is 0 Å². The van der Waals surface area contributed by atoms with Crippen molar-refractivity contribution in [1.29, 1.82) is 0 Å². The maximum atomic E-state index is 5.25. The van der Waals surface area contributed by atoms with Gasteiger partial charge in [0.1, 0.15) is 5.75 Å². The van der Waals surface area contributed by atoms with Crippen LogP contribution in [0.1, 0.15) is 24.5 Å². The third kappa shape index (κ3) is 2.51. The SMILES string of the molecule is COc1ccc2c(c1)CNCC(C)CC2. The van der Waals surface area contributed by atoms with Crippen LogP contribution < -0.4 is 10.1 Å². The Kier molecular flexibility index (Phi) is 3.27. The molecule has 0 fully saturated rings. The number of hydrogen-bond acceptors (Lipinski definition) is 2. The zero-order valence-corrected chi connectivity index (χ0v) is 9.55. The third-order valence-electron chi connectivity index (χ3n) is 3.13. The predicted octanol–water partition coefficient (Wildman–Crippen LogP) is 2.37. The van der Waals surface area contributed by atoms with E-state index >= 15 is 0 Å². The zero-order chi connectivity index (χ0) is 10.7. The molecule has 0 spiro atoms. The Labute approximate surface area is 91.6 Å². The topological polar surface area (TPSA) is 21.3 Å². The number of ether oxygens (including phenoxy) is 1. The summed E-state index contributed by atoms with van der Waals surface area (Å²) >= 11 is 0. The summed E-state index contributed by atoms with van der Waals surface area (Å²) in [5.74, 6) is 1.74. The number of aryl methyl sites for hydroxylation is 1. The molecule has 2 heteroatoms. The first-order valence-electron chi connectivity index (χ1n) is 5.66. The van der Waals surface area contributed by atoms with E-state index in [1.165, 1.54) is 24.0 Å². The second-order valence-corrected chi connectivity index (χ2v) is 4.41. The van der Waals surface area contributed by atoms with Crippen molar-refractivity contribution in [3.05, 3.63) is 29.3 Å². The smallest absolute Gasteiger partial charge is 0.119 e. The van der Waals surface area contributed by atoms with Crippen molar-refractivity contribution in [1.82, 2.24) is 5.32 Å². The van der Waals surface area contributed by atoms with Crippen molar-refractivity contribution in [2.24, 2.45) is 5.92 Å². The number of hydrogen-bond donors (Lipinski definition) is 1. The molecular formula is C13H19NO. The molecule has 0 radical (unpaired) electrons. The molecule has 1 aromatic carbocycles. The zero-order valence-electron chi connectivity index (χ0n) is 9.55. The molecule has 1 aliphatic heterocycles. The van der Waals surface area contributed by atoms with Gasteiger partial charge >= 0.3 is 0 Å². The van der Waals surface area contributed by atoms with Gasteiger partial charge in [-0.15, -0.1) is 0 Å². The maximum absolute atomic E-state index is 5.25. The first-order chi connectivity index (χ1) is 7.29. The molecule has 1 N–H and O–H groups in total. The predicted molar refractivity (Wildman–Crippen MR) is 62.2 cm³/mol. The minimum Gasteiger partial charge on any atom is -0.497 e. The fourth-order valence-electron chi connectivity index (χ4n) is 2.09. The van der Waals surface area contributed by atoms with Gasteiger partial charge in [-0.1, -0.05) is 13.0 Å². The van der Waals surface area contributed by atoms with Gasteiger partial charge in [-0.25, -0.2) is 0 Å². The number of benzene rings is 1. The molecule has 0 bridgehead atoms. The van der Waals surface area contributed by atoms with Crippen molar-refractivity contribution in [2.45, 2.75) is 26.3 Å². The molecule has 2 nitrogen and oxygen atoms in total. The summed E-state index contributed by atoms with van der Waals surface area (Å²) in [6.07, 6.45) is 2.47. The molecular weight excluding hydrogens is 186 g/mol. The van der Waals surface area contributed by atoms with Crippen LogP contribution in [0.4, 0.5) is 0 Å². The van der Waals surface area contributed by atoms with Crippen LogP contribution in [0.15, 0.2) is 18.2 Å². The molecule has 2 rings (SSSR count). The molecule has 82 valence electrons. The van der Waals surface area contributed by atoms with E-state index in [1.54, 1.807) is 7.11 Å². The van der Waals surface area contributed by atoms with Crippen molar-refractivity contribution < 1.29 is 4.74 Å². The Balaban J connectivity index is 2.22. The van der Waals surface area contributed by atoms with E-state index in [1.807, 2.05) is 0 Å². The van der Waals surface area contributed by atoms with Crippen molar-refractivity contribution in [3.8, 4) is 5.75 Å². The Morgan fingerprint density at radius 3 is 3.00 bits per heavy atom. The van der Waals surface area contributed by atoms with E-state index in [-0.39, 0.29) is 0 Å². The van der Waals surface area contributed by atoms with E-state index in [2.05, 4.69) is 30.4 Å². The number of nitrogens with one attached hydrogen (secondary N) is 1. The second kappa shape index (κ2) is 4.67. The molecule has 0 amide bonds. The van der Waals surface area contributed by atoms with Gasteiger partial charge in [0.2, 0.25) is 0 Å². The van der Waals surface area contributed by atoms with Gasteiger partial charge in [0.05, 0.1) is 7.11 Å². The van der Waals surface area contributed by atoms with Gasteiger partial charge < -0.3 is 10.1 Å². The molecule has 0 aromatic heterocycles. The first kappa shape index (κ1) is 10.5. The van der Waals surface area contributed by atoms with Crippen LogP contribution in [0.2, 0.25) is 0 Å². The van der Waals surface area contributed by atoms with Crippen molar-refractivity contribution in [3.63, 3.8) is 0 Å². The third-order valence-corrected chi connectivity index (χ3v) is 3.13. The lowest BCUT2D eigenvalue weighted by Crippen LogP contribution is -2.24. The van der Waals surface area contributed by atoms with Crippen molar-refractivity contribution >= 4 is 0 Å². The van der Waals surface area contributed by atoms with Crippen LogP contribution >= 0.6 is 0 Å². The Hall–Kier alpha value is -1.02. The van der Waals surface area contributed by atoms with Crippen LogP contribution in [0.3, 0.4) is 0 Å². The summed E-state index contributed by atoms with van der Waals surface area (Å²) in [5, 5.41) is 3.49. The van der Waals surface area contributed by atoms with Gasteiger partial charge in [-0.3, -0.25) is 0 Å². The van der Waals surface area contributed by atoms with E-state index in [4.69, 9.17) is 4.74 Å². The number of fused-ring (bicyclic) bond motifs is 1. The summed E-state index contributed by atoms with van der Waals surface area (Å²) in [4.78, 5) is 0. The molecule has 15 heavy (non-hydrogen) atoms. The maximum Gasteiger partial charge on any atom is 0.119 e. The Bertz CT molecular complexity index is 335. The molecule has 1 heterocycles. The molecule has 1 unspecified atom stereocenters. The molecule has 0 aliphatic carbocycles. The van der Waals surface area contributed by atoms with Crippen LogP contribution in [0, 0.1) is 5.92 Å². The van der Waals surface area contributed by atoms with Crippen LogP contribution in [-0.2, 0) is 13.0 Å². The van der Waals surface area contributed by atoms with Gasteiger partial charge in [-0.2, -0.15) is 0 Å². The van der Waals surface area contributed by atoms with Crippen LogP contribution in [-0.4, -0.2) is 13.7 Å². The average Bonchev–Trinajstić information content (AvgIpc) is 2.24. The summed E-state index contributed by atoms with van der Waals surface area (Å²) in [7, 11) is 1.72. The fourth-order valence-corrected chi connectivity index (χ4v) is 2.09. The second-order valence-electron chi connectivity index (χ2n) is 4.41. The quantitative estimate of drug-likeness (QED) is 0.760. The monoisotopic (exact) mass is 205 g/mol. The van der Waals surface area contributed by atoms with E-state index < -0.39 is 0 Å². The average molecular weight is 205 g/mol. The van der Waals surface area contributed by atoms with E-state index in [0.717, 1.165) is 24.8 Å². The highest BCUT2D eigenvalue weighted by atomic mass is 16.5. The minimum atomic E-state index is 0.778. The van der Waals surface area contributed by atoms with Crippen LogP contribution in [0.5, 0.6) is 5.75 Å². The highest BCUT2D eigenvalue weighted by Crippen LogP contribution is 2.21. The molecule has 1 aliphatic rings. The van der Waals surface area contributed by atoms with Crippen molar-refractivity contribution in [2.75, 3.05) is 13.7 Å². The Morgan fingerprint density at radius 2 is 2.20 bits per heavy atom. The highest BCUT2D eigenvalue weighted by Gasteiger charge is 2.11. The lowest BCUT2D eigenvalue weighted by Gasteiger charge is -2.19. The van der Waals surface area contributed by atoms with Crippen LogP contribution in [0.25, 0.3) is 0 Å². The molecule has 0 saturated heterocycles. The molecule has 1 aromatic rings. The number of methoxy groups -OCH3 is 1. The van der Waals surface area contributed by atoms with Gasteiger partial charge in [0.25, 0.3) is 0 Å². The lowest BCUT2D eigenvalue weighted by molar-refractivity contribution is 0.412. The lowest BCUT2D eigenvalue weighted by atomic mass is 9.95. The standard InChI is InChI=1S/C13H19NO/c1-10-3-4-11-5-6-13(15-2)7-12(11)9-14-8-10/h5-7,10,14H,3-4,8-9H2,1-2H3. The summed E-state index contributed by atoms with van der Waals surface area (Å²) in [6.45, 7) is 4.40. The van der Waals surface area contributed by atoms with E-state index in [9.17, 15) is 0 Å². The summed E-state index contributed by atoms with van der Waals surface area (Å²) in [6, 6.07) is 6.41. The van der Waals surface area contributed by atoms with E-state index in [0.29, 0.717) is 0 Å². The normalized spacial score (nSPS) is 21.3. The summed E-state index contributed by atoms with van der Waals surface area (Å²) < 4.78 is 5.25. The molecule has 0 saturated carbocycles. The Morgan fingerprint density at radius 1 is 1.33 bits per heavy atom.